The smallest absolute Gasteiger partial charge is 0.338 e. The lowest BCUT2D eigenvalue weighted by Gasteiger charge is -2.21. The van der Waals surface area contributed by atoms with Crippen molar-refractivity contribution in [2.24, 2.45) is 5.92 Å². The van der Waals surface area contributed by atoms with E-state index >= 15 is 0 Å². The Balaban J connectivity index is 2.00. The van der Waals surface area contributed by atoms with Gasteiger partial charge in [0, 0.05) is 13.6 Å². The largest absolute Gasteiger partial charge is 0.495 e. The van der Waals surface area contributed by atoms with E-state index in [2.05, 4.69) is 5.32 Å². The van der Waals surface area contributed by atoms with E-state index < -0.39 is 34.5 Å². The summed E-state index contributed by atoms with van der Waals surface area (Å²) in [5.41, 5.74) is 0.401. The van der Waals surface area contributed by atoms with Crippen molar-refractivity contribution in [1.82, 2.24) is 10.6 Å². The van der Waals surface area contributed by atoms with Crippen LogP contribution in [0, 0.1) is 5.92 Å². The highest BCUT2D eigenvalue weighted by atomic mass is 32.2. The van der Waals surface area contributed by atoms with E-state index in [0.717, 1.165) is 4.31 Å². The standard InChI is InChI=1S/C22H27N3O7S/c1-15(2)13-23-22(28)24-20(26)14-32-21(27)16-9-11-17(12-10-16)33(29,30)25(3)18-7-5-6-8-19(18)31-4/h5-12,15H,13-14H2,1-4H3,(H2,23,24,26,28). The van der Waals surface area contributed by atoms with Crippen LogP contribution in [0.2, 0.25) is 0 Å². The van der Waals surface area contributed by atoms with Gasteiger partial charge in [-0.05, 0) is 42.3 Å². The number of nitrogens with one attached hydrogen (secondary N) is 2. The van der Waals surface area contributed by atoms with Crippen molar-refractivity contribution >= 4 is 33.6 Å². The molecule has 33 heavy (non-hydrogen) atoms. The molecule has 3 amide bonds. The summed E-state index contributed by atoms with van der Waals surface area (Å²) in [6.45, 7) is 3.53. The van der Waals surface area contributed by atoms with E-state index in [9.17, 15) is 22.8 Å². The van der Waals surface area contributed by atoms with Crippen LogP contribution in [-0.4, -0.2) is 53.6 Å². The van der Waals surface area contributed by atoms with Gasteiger partial charge < -0.3 is 14.8 Å². The average Bonchev–Trinajstić information content (AvgIpc) is 2.80. The van der Waals surface area contributed by atoms with Crippen LogP contribution in [0.4, 0.5) is 10.5 Å². The molecule has 0 atom stereocenters. The number of benzene rings is 2. The Labute approximate surface area is 192 Å². The first-order valence-corrected chi connectivity index (χ1v) is 11.5. The van der Waals surface area contributed by atoms with E-state index in [4.69, 9.17) is 9.47 Å². The minimum Gasteiger partial charge on any atom is -0.495 e. The molecule has 0 saturated carbocycles. The number of esters is 1. The lowest BCUT2D eigenvalue weighted by atomic mass is 10.2. The highest BCUT2D eigenvalue weighted by molar-refractivity contribution is 7.92. The summed E-state index contributed by atoms with van der Waals surface area (Å²) >= 11 is 0. The molecule has 2 aromatic carbocycles. The fourth-order valence-electron chi connectivity index (χ4n) is 2.66. The number of imide groups is 1. The van der Waals surface area contributed by atoms with Crippen LogP contribution in [0.15, 0.2) is 53.4 Å². The number of urea groups is 1. The molecular weight excluding hydrogens is 450 g/mol. The topological polar surface area (TPSA) is 131 Å². The molecule has 0 bridgehead atoms. The molecule has 11 heteroatoms. The summed E-state index contributed by atoms with van der Waals surface area (Å²) in [4.78, 5) is 35.4. The SMILES string of the molecule is COc1ccccc1N(C)S(=O)(=O)c1ccc(C(=O)OCC(=O)NC(=O)NCC(C)C)cc1. The second-order valence-electron chi connectivity index (χ2n) is 7.40. The zero-order valence-electron chi connectivity index (χ0n) is 18.8. The van der Waals surface area contributed by atoms with Crippen LogP contribution >= 0.6 is 0 Å². The minimum absolute atomic E-state index is 0.0472. The molecule has 2 rings (SSSR count). The van der Waals surface area contributed by atoms with E-state index in [0.29, 0.717) is 18.0 Å². The molecule has 0 spiro atoms. The molecule has 0 aliphatic rings. The van der Waals surface area contributed by atoms with Crippen LogP contribution < -0.4 is 19.7 Å². The average molecular weight is 478 g/mol. The fraction of sp³-hybridized carbons (Fsp3) is 0.318. The first-order chi connectivity index (χ1) is 15.6. The van der Waals surface area contributed by atoms with E-state index in [-0.39, 0.29) is 16.4 Å². The van der Waals surface area contributed by atoms with Crippen molar-refractivity contribution in [1.29, 1.82) is 0 Å². The van der Waals surface area contributed by atoms with Gasteiger partial charge in [-0.1, -0.05) is 26.0 Å². The van der Waals surface area contributed by atoms with E-state index in [1.807, 2.05) is 19.2 Å². The molecular formula is C22H27N3O7S. The number of rotatable bonds is 9. The minimum atomic E-state index is -3.93. The quantitative estimate of drug-likeness (QED) is 0.529. The molecule has 0 saturated heterocycles. The lowest BCUT2D eigenvalue weighted by Crippen LogP contribution is -2.42. The van der Waals surface area contributed by atoms with Gasteiger partial charge in [0.25, 0.3) is 15.9 Å². The third kappa shape index (κ3) is 6.94. The Morgan fingerprint density at radius 2 is 1.67 bits per heavy atom. The van der Waals surface area contributed by atoms with Gasteiger partial charge in [0.1, 0.15) is 5.75 Å². The van der Waals surface area contributed by atoms with Crippen molar-refractivity contribution in [3.8, 4) is 5.75 Å². The number of methoxy groups -OCH3 is 1. The Morgan fingerprint density at radius 3 is 2.27 bits per heavy atom. The van der Waals surface area contributed by atoms with Gasteiger partial charge in [-0.15, -0.1) is 0 Å². The molecule has 0 fully saturated rings. The lowest BCUT2D eigenvalue weighted by molar-refractivity contribution is -0.123. The number of amides is 3. The summed E-state index contributed by atoms with van der Waals surface area (Å²) in [6.07, 6.45) is 0. The Kier molecular flexibility index (Phi) is 8.80. The number of para-hydroxylation sites is 2. The van der Waals surface area contributed by atoms with Crippen molar-refractivity contribution in [2.45, 2.75) is 18.7 Å². The van der Waals surface area contributed by atoms with E-state index in [1.54, 1.807) is 24.3 Å². The van der Waals surface area contributed by atoms with Gasteiger partial charge in [0.15, 0.2) is 6.61 Å². The van der Waals surface area contributed by atoms with Crippen molar-refractivity contribution in [3.05, 3.63) is 54.1 Å². The molecule has 0 radical (unpaired) electrons. The number of nitrogens with zero attached hydrogens (tertiary/aromatic N) is 1. The first-order valence-electron chi connectivity index (χ1n) is 10.0. The van der Waals surface area contributed by atoms with Crippen LogP contribution in [0.5, 0.6) is 5.75 Å². The number of anilines is 1. The molecule has 0 unspecified atom stereocenters. The third-order valence-corrected chi connectivity index (χ3v) is 6.22. The van der Waals surface area contributed by atoms with Gasteiger partial charge in [-0.2, -0.15) is 0 Å². The first kappa shape index (κ1) is 25.7. The van der Waals surface area contributed by atoms with Crippen molar-refractivity contribution in [3.63, 3.8) is 0 Å². The molecule has 0 aromatic heterocycles. The van der Waals surface area contributed by atoms with Gasteiger partial charge >= 0.3 is 12.0 Å². The van der Waals surface area contributed by atoms with Gasteiger partial charge in [0.05, 0.1) is 23.3 Å². The van der Waals surface area contributed by atoms with Gasteiger partial charge in [-0.3, -0.25) is 14.4 Å². The molecule has 10 nitrogen and oxygen atoms in total. The molecule has 2 N–H and O–H groups in total. The predicted molar refractivity (Wildman–Crippen MR) is 122 cm³/mol. The monoisotopic (exact) mass is 477 g/mol. The highest BCUT2D eigenvalue weighted by Crippen LogP contribution is 2.30. The number of ether oxygens (including phenoxy) is 2. The Hall–Kier alpha value is -3.60. The maximum atomic E-state index is 13.0. The van der Waals surface area contributed by atoms with Crippen LogP contribution in [0.1, 0.15) is 24.2 Å². The Morgan fingerprint density at radius 1 is 1.03 bits per heavy atom. The second-order valence-corrected chi connectivity index (χ2v) is 9.37. The van der Waals surface area contributed by atoms with Gasteiger partial charge in [-0.25, -0.2) is 18.0 Å². The van der Waals surface area contributed by atoms with Crippen molar-refractivity contribution in [2.75, 3.05) is 31.6 Å². The van der Waals surface area contributed by atoms with Crippen LogP contribution in [0.3, 0.4) is 0 Å². The summed E-state index contributed by atoms with van der Waals surface area (Å²) in [5.74, 6) is -1.03. The van der Waals surface area contributed by atoms with Gasteiger partial charge in [0.2, 0.25) is 0 Å². The van der Waals surface area contributed by atoms with Crippen LogP contribution in [-0.2, 0) is 19.6 Å². The molecule has 0 aliphatic heterocycles. The number of carbonyl (C=O) groups is 3. The normalized spacial score (nSPS) is 10.9. The number of sulfonamides is 1. The molecule has 0 heterocycles. The number of hydrogen-bond donors (Lipinski definition) is 2. The second kappa shape index (κ2) is 11.3. The summed E-state index contributed by atoms with van der Waals surface area (Å²) in [7, 11) is -1.09. The molecule has 178 valence electrons. The summed E-state index contributed by atoms with van der Waals surface area (Å²) in [5, 5.41) is 4.55. The summed E-state index contributed by atoms with van der Waals surface area (Å²) < 4.78 is 37.1. The fourth-order valence-corrected chi connectivity index (χ4v) is 3.86. The Bertz CT molecular complexity index is 1100. The zero-order chi connectivity index (χ0) is 24.6. The molecule has 2 aromatic rings. The van der Waals surface area contributed by atoms with Crippen LogP contribution in [0.25, 0.3) is 0 Å². The van der Waals surface area contributed by atoms with E-state index in [1.165, 1.54) is 38.4 Å². The third-order valence-electron chi connectivity index (χ3n) is 4.43. The predicted octanol–water partition coefficient (Wildman–Crippen LogP) is 2.16. The maximum Gasteiger partial charge on any atom is 0.338 e. The highest BCUT2D eigenvalue weighted by Gasteiger charge is 2.24. The maximum absolute atomic E-state index is 13.0. The molecule has 0 aliphatic carbocycles. The number of hydrogen-bond acceptors (Lipinski definition) is 7. The van der Waals surface area contributed by atoms with Crippen molar-refractivity contribution < 1.29 is 32.3 Å². The summed E-state index contributed by atoms with van der Waals surface area (Å²) in [6, 6.07) is 11.1. The number of carbonyl (C=O) groups excluding carboxylic acids is 3. The zero-order valence-corrected chi connectivity index (χ0v) is 19.6.